The second kappa shape index (κ2) is 5.05. The molecule has 3 rings (SSSR count). The van der Waals surface area contributed by atoms with Gasteiger partial charge in [-0.1, -0.05) is 0 Å². The Morgan fingerprint density at radius 3 is 2.60 bits per heavy atom. The van der Waals surface area contributed by atoms with Crippen LogP contribution in [0.2, 0.25) is 0 Å². The van der Waals surface area contributed by atoms with E-state index in [1.165, 1.54) is 0 Å². The molecule has 0 spiro atoms. The third-order valence-electron chi connectivity index (χ3n) is 3.57. The average Bonchev–Trinajstić information content (AvgIpc) is 3.18. The van der Waals surface area contributed by atoms with Crippen LogP contribution in [0.25, 0.3) is 0 Å². The molecule has 1 aliphatic heterocycles. The SMILES string of the molecule is O=C(Nc1ccc(NC2CCS(=O)(=O)C2)cn1)C1CC1. The first-order valence-corrected chi connectivity index (χ1v) is 8.58. The van der Waals surface area contributed by atoms with Gasteiger partial charge in [-0.25, -0.2) is 13.4 Å². The second-order valence-corrected chi connectivity index (χ2v) is 7.67. The molecule has 0 aromatic carbocycles. The number of anilines is 2. The lowest BCUT2D eigenvalue weighted by Crippen LogP contribution is -2.20. The third-order valence-corrected chi connectivity index (χ3v) is 5.33. The number of hydrogen-bond donors (Lipinski definition) is 2. The summed E-state index contributed by atoms with van der Waals surface area (Å²) in [5.74, 6) is 1.13. The van der Waals surface area contributed by atoms with Crippen molar-refractivity contribution in [2.24, 2.45) is 5.92 Å². The van der Waals surface area contributed by atoms with E-state index in [2.05, 4.69) is 15.6 Å². The quantitative estimate of drug-likeness (QED) is 0.866. The van der Waals surface area contributed by atoms with Crippen molar-refractivity contribution in [2.75, 3.05) is 22.1 Å². The van der Waals surface area contributed by atoms with Crippen LogP contribution in [0.5, 0.6) is 0 Å². The molecule has 20 heavy (non-hydrogen) atoms. The van der Waals surface area contributed by atoms with Crippen molar-refractivity contribution in [3.05, 3.63) is 18.3 Å². The highest BCUT2D eigenvalue weighted by atomic mass is 32.2. The maximum atomic E-state index is 11.6. The number of nitrogens with zero attached hydrogens (tertiary/aromatic N) is 1. The van der Waals surface area contributed by atoms with Crippen LogP contribution in [-0.4, -0.2) is 36.9 Å². The molecule has 1 aromatic rings. The summed E-state index contributed by atoms with van der Waals surface area (Å²) in [7, 11) is -2.88. The van der Waals surface area contributed by atoms with Crippen molar-refractivity contribution >= 4 is 27.2 Å². The molecular weight excluding hydrogens is 278 g/mol. The first-order valence-electron chi connectivity index (χ1n) is 6.76. The zero-order valence-electron chi connectivity index (χ0n) is 11.0. The number of aromatic nitrogens is 1. The summed E-state index contributed by atoms with van der Waals surface area (Å²) in [4.78, 5) is 15.7. The fourth-order valence-electron chi connectivity index (χ4n) is 2.27. The number of amides is 1. The van der Waals surface area contributed by atoms with Crippen molar-refractivity contribution in [1.29, 1.82) is 0 Å². The summed E-state index contributed by atoms with van der Waals surface area (Å²) in [6, 6.07) is 3.49. The number of nitrogens with one attached hydrogen (secondary N) is 2. The Morgan fingerprint density at radius 1 is 1.25 bits per heavy atom. The predicted molar refractivity (Wildman–Crippen MR) is 76.3 cm³/mol. The molecule has 1 aliphatic carbocycles. The van der Waals surface area contributed by atoms with Gasteiger partial charge in [0.1, 0.15) is 5.82 Å². The average molecular weight is 295 g/mol. The minimum absolute atomic E-state index is 0.0279. The molecule has 0 radical (unpaired) electrons. The Hall–Kier alpha value is -1.63. The number of pyridine rings is 1. The van der Waals surface area contributed by atoms with Crippen molar-refractivity contribution in [3.63, 3.8) is 0 Å². The van der Waals surface area contributed by atoms with Crippen LogP contribution in [0.1, 0.15) is 19.3 Å². The van der Waals surface area contributed by atoms with Gasteiger partial charge in [-0.3, -0.25) is 4.79 Å². The standard InChI is InChI=1S/C13H17N3O3S/c17-13(9-1-2-9)16-12-4-3-10(7-14-12)15-11-5-6-20(18,19)8-11/h3-4,7,9,11,15H,1-2,5-6,8H2,(H,14,16,17). The van der Waals surface area contributed by atoms with Gasteiger partial charge in [0.2, 0.25) is 5.91 Å². The van der Waals surface area contributed by atoms with E-state index in [1.807, 2.05) is 0 Å². The van der Waals surface area contributed by atoms with Crippen molar-refractivity contribution in [1.82, 2.24) is 4.98 Å². The topological polar surface area (TPSA) is 88.2 Å². The number of rotatable bonds is 4. The summed E-state index contributed by atoms with van der Waals surface area (Å²) in [6.07, 6.45) is 4.17. The van der Waals surface area contributed by atoms with Crippen LogP contribution in [-0.2, 0) is 14.6 Å². The van der Waals surface area contributed by atoms with Gasteiger partial charge in [-0.05, 0) is 31.4 Å². The molecule has 6 nitrogen and oxygen atoms in total. The summed E-state index contributed by atoms with van der Waals surface area (Å²) < 4.78 is 22.7. The van der Waals surface area contributed by atoms with Gasteiger partial charge in [0.25, 0.3) is 0 Å². The Balaban J connectivity index is 1.57. The molecule has 1 saturated heterocycles. The predicted octanol–water partition coefficient (Wildman–Crippen LogP) is 1.03. The molecule has 1 amide bonds. The number of carbonyl (C=O) groups is 1. The third kappa shape index (κ3) is 3.27. The van der Waals surface area contributed by atoms with E-state index < -0.39 is 9.84 Å². The van der Waals surface area contributed by atoms with Gasteiger partial charge < -0.3 is 10.6 Å². The molecule has 1 unspecified atom stereocenters. The maximum absolute atomic E-state index is 11.6. The van der Waals surface area contributed by atoms with E-state index in [0.29, 0.717) is 12.2 Å². The minimum Gasteiger partial charge on any atom is -0.380 e. The van der Waals surface area contributed by atoms with Crippen LogP contribution >= 0.6 is 0 Å². The van der Waals surface area contributed by atoms with Gasteiger partial charge in [-0.15, -0.1) is 0 Å². The second-order valence-electron chi connectivity index (χ2n) is 5.44. The fourth-order valence-corrected chi connectivity index (χ4v) is 3.94. The first-order chi connectivity index (χ1) is 9.52. The Morgan fingerprint density at radius 2 is 2.05 bits per heavy atom. The molecule has 2 fully saturated rings. The minimum atomic E-state index is -2.88. The van der Waals surface area contributed by atoms with Crippen LogP contribution in [0.4, 0.5) is 11.5 Å². The molecule has 1 aromatic heterocycles. The smallest absolute Gasteiger partial charge is 0.228 e. The highest BCUT2D eigenvalue weighted by Crippen LogP contribution is 2.30. The number of carbonyl (C=O) groups excluding carboxylic acids is 1. The van der Waals surface area contributed by atoms with Crippen molar-refractivity contribution < 1.29 is 13.2 Å². The summed E-state index contributed by atoms with van der Waals surface area (Å²) in [5, 5.41) is 5.92. The zero-order valence-corrected chi connectivity index (χ0v) is 11.8. The Bertz CT molecular complexity index is 608. The van der Waals surface area contributed by atoms with Gasteiger partial charge in [0, 0.05) is 12.0 Å². The van der Waals surface area contributed by atoms with Gasteiger partial charge in [0.15, 0.2) is 9.84 Å². The Kier molecular flexibility index (Phi) is 3.37. The van der Waals surface area contributed by atoms with Gasteiger partial charge in [-0.2, -0.15) is 0 Å². The largest absolute Gasteiger partial charge is 0.380 e. The molecule has 1 atom stereocenters. The lowest BCUT2D eigenvalue weighted by molar-refractivity contribution is -0.117. The van der Waals surface area contributed by atoms with Crippen LogP contribution < -0.4 is 10.6 Å². The van der Waals surface area contributed by atoms with Crippen LogP contribution in [0.3, 0.4) is 0 Å². The van der Waals surface area contributed by atoms with Gasteiger partial charge in [0.05, 0.1) is 23.4 Å². The Labute approximate surface area is 117 Å². The van der Waals surface area contributed by atoms with Crippen molar-refractivity contribution in [2.45, 2.75) is 25.3 Å². The summed E-state index contributed by atoms with van der Waals surface area (Å²) in [6.45, 7) is 0. The lowest BCUT2D eigenvalue weighted by Gasteiger charge is -2.12. The molecule has 7 heteroatoms. The molecule has 2 aliphatic rings. The summed E-state index contributed by atoms with van der Waals surface area (Å²) in [5.41, 5.74) is 0.775. The maximum Gasteiger partial charge on any atom is 0.228 e. The highest BCUT2D eigenvalue weighted by molar-refractivity contribution is 7.91. The van der Waals surface area contributed by atoms with E-state index in [0.717, 1.165) is 18.5 Å². The fraction of sp³-hybridized carbons (Fsp3) is 0.538. The zero-order chi connectivity index (χ0) is 14.2. The molecule has 0 bridgehead atoms. The monoisotopic (exact) mass is 295 g/mol. The molecule has 2 N–H and O–H groups in total. The van der Waals surface area contributed by atoms with E-state index in [1.54, 1.807) is 18.3 Å². The molecule has 108 valence electrons. The summed E-state index contributed by atoms with van der Waals surface area (Å²) >= 11 is 0. The number of hydrogen-bond acceptors (Lipinski definition) is 5. The van der Waals surface area contributed by atoms with E-state index in [4.69, 9.17) is 0 Å². The first kappa shape index (κ1) is 13.4. The molecule has 1 saturated carbocycles. The highest BCUT2D eigenvalue weighted by Gasteiger charge is 2.30. The van der Waals surface area contributed by atoms with Gasteiger partial charge >= 0.3 is 0 Å². The molecular formula is C13H17N3O3S. The van der Waals surface area contributed by atoms with E-state index in [-0.39, 0.29) is 29.4 Å². The van der Waals surface area contributed by atoms with Crippen molar-refractivity contribution in [3.8, 4) is 0 Å². The van der Waals surface area contributed by atoms with Crippen LogP contribution in [0.15, 0.2) is 18.3 Å². The van der Waals surface area contributed by atoms with E-state index >= 15 is 0 Å². The normalized spacial score (nSPS) is 24.3. The lowest BCUT2D eigenvalue weighted by atomic mass is 10.2. The van der Waals surface area contributed by atoms with E-state index in [9.17, 15) is 13.2 Å². The molecule has 2 heterocycles. The number of sulfone groups is 1. The van der Waals surface area contributed by atoms with Crippen LogP contribution in [0, 0.1) is 5.92 Å².